The Morgan fingerprint density at radius 1 is 1.18 bits per heavy atom. The average molecular weight is 397 g/mol. The first kappa shape index (κ1) is 21.0. The maximum Gasteiger partial charge on any atom is 0.500 e. The van der Waals surface area contributed by atoms with E-state index in [9.17, 15) is 9.18 Å². The first-order valence-corrected chi connectivity index (χ1v) is 9.46. The zero-order valence-corrected chi connectivity index (χ0v) is 16.9. The molecule has 0 spiro atoms. The first-order valence-electron chi connectivity index (χ1n) is 9.46. The van der Waals surface area contributed by atoms with Gasteiger partial charge in [0.05, 0.1) is 47.7 Å². The van der Waals surface area contributed by atoms with Crippen LogP contribution < -0.4 is 10.4 Å². The summed E-state index contributed by atoms with van der Waals surface area (Å²) in [5.74, 6) is -2.55. The average Bonchev–Trinajstić information content (AvgIpc) is 2.82. The standard InChI is InChI=1S/C19H26BF2NO5/c1-6-26-17(24)12-11-13(21)14(20-27-18(2,3)19(4,5)28-20)15(22)16(12)23-7-9-25-10-8-23/h11H,6-10H2,1-5H3. The predicted molar refractivity (Wildman–Crippen MR) is 101 cm³/mol. The molecule has 28 heavy (non-hydrogen) atoms. The van der Waals surface area contributed by atoms with Crippen molar-refractivity contribution in [3.05, 3.63) is 23.3 Å². The molecule has 0 aromatic heterocycles. The zero-order valence-electron chi connectivity index (χ0n) is 16.9. The van der Waals surface area contributed by atoms with E-state index in [1.807, 2.05) is 0 Å². The Balaban J connectivity index is 2.11. The summed E-state index contributed by atoms with van der Waals surface area (Å²) in [5, 5.41) is 0. The topological polar surface area (TPSA) is 57.2 Å². The third kappa shape index (κ3) is 3.63. The lowest BCUT2D eigenvalue weighted by atomic mass is 9.77. The third-order valence-electron chi connectivity index (χ3n) is 5.54. The van der Waals surface area contributed by atoms with E-state index in [0.29, 0.717) is 26.3 Å². The fourth-order valence-electron chi connectivity index (χ4n) is 3.26. The number of benzene rings is 1. The van der Waals surface area contributed by atoms with Gasteiger partial charge in [0.1, 0.15) is 11.6 Å². The van der Waals surface area contributed by atoms with Crippen LogP contribution in [0.3, 0.4) is 0 Å². The smallest absolute Gasteiger partial charge is 0.462 e. The molecule has 1 aromatic carbocycles. The number of hydrogen-bond donors (Lipinski definition) is 0. The molecule has 3 rings (SSSR count). The number of carbonyl (C=O) groups excluding carboxylic acids is 1. The number of anilines is 1. The molecule has 0 radical (unpaired) electrons. The van der Waals surface area contributed by atoms with E-state index in [-0.39, 0.29) is 23.3 Å². The highest BCUT2D eigenvalue weighted by Gasteiger charge is 2.54. The summed E-state index contributed by atoms with van der Waals surface area (Å²) in [5.41, 5.74) is -2.01. The Labute approximate surface area is 164 Å². The van der Waals surface area contributed by atoms with Gasteiger partial charge in [-0.05, 0) is 40.7 Å². The fraction of sp³-hybridized carbons (Fsp3) is 0.632. The number of morpholine rings is 1. The van der Waals surface area contributed by atoms with Gasteiger partial charge in [-0.3, -0.25) is 0 Å². The second-order valence-electron chi connectivity index (χ2n) is 7.89. The molecule has 0 atom stereocenters. The lowest BCUT2D eigenvalue weighted by Crippen LogP contribution is -2.43. The largest absolute Gasteiger partial charge is 0.500 e. The van der Waals surface area contributed by atoms with Crippen LogP contribution in [0.15, 0.2) is 6.07 Å². The van der Waals surface area contributed by atoms with Gasteiger partial charge in [0.2, 0.25) is 0 Å². The van der Waals surface area contributed by atoms with Crippen LogP contribution in [-0.2, 0) is 18.8 Å². The van der Waals surface area contributed by atoms with Gasteiger partial charge >= 0.3 is 13.1 Å². The minimum Gasteiger partial charge on any atom is -0.462 e. The van der Waals surface area contributed by atoms with Crippen molar-refractivity contribution in [1.29, 1.82) is 0 Å². The molecule has 9 heteroatoms. The van der Waals surface area contributed by atoms with E-state index < -0.39 is 35.9 Å². The Kier molecular flexibility index (Phi) is 5.71. The number of rotatable bonds is 4. The Bertz CT molecular complexity index is 749. The van der Waals surface area contributed by atoms with Crippen molar-refractivity contribution >= 4 is 24.2 Å². The monoisotopic (exact) mass is 397 g/mol. The van der Waals surface area contributed by atoms with Crippen molar-refractivity contribution in [3.63, 3.8) is 0 Å². The maximum absolute atomic E-state index is 15.6. The molecule has 0 bridgehead atoms. The van der Waals surface area contributed by atoms with Gasteiger partial charge in [-0.15, -0.1) is 0 Å². The molecule has 2 saturated heterocycles. The summed E-state index contributed by atoms with van der Waals surface area (Å²) < 4.78 is 52.6. The predicted octanol–water partition coefficient (Wildman–Crippen LogP) is 2.28. The number of carbonyl (C=O) groups is 1. The molecule has 0 N–H and O–H groups in total. The molecule has 1 aromatic rings. The van der Waals surface area contributed by atoms with Crippen LogP contribution in [0.25, 0.3) is 0 Å². The van der Waals surface area contributed by atoms with Crippen molar-refractivity contribution in [1.82, 2.24) is 0 Å². The number of halogens is 2. The summed E-state index contributed by atoms with van der Waals surface area (Å²) in [7, 11) is -1.22. The highest BCUT2D eigenvalue weighted by Crippen LogP contribution is 2.38. The van der Waals surface area contributed by atoms with E-state index in [4.69, 9.17) is 18.8 Å². The summed E-state index contributed by atoms with van der Waals surface area (Å²) in [6.07, 6.45) is 0. The molecular formula is C19H26BF2NO5. The molecule has 2 heterocycles. The number of nitrogens with zero attached hydrogens (tertiary/aromatic N) is 1. The third-order valence-corrected chi connectivity index (χ3v) is 5.54. The van der Waals surface area contributed by atoms with Crippen LogP contribution >= 0.6 is 0 Å². The molecule has 2 fully saturated rings. The highest BCUT2D eigenvalue weighted by molar-refractivity contribution is 6.62. The fourth-order valence-corrected chi connectivity index (χ4v) is 3.26. The number of ether oxygens (including phenoxy) is 2. The first-order chi connectivity index (χ1) is 13.1. The summed E-state index contributed by atoms with van der Waals surface area (Å²) in [6, 6.07) is 1.01. The molecule has 2 aliphatic heterocycles. The Morgan fingerprint density at radius 2 is 1.75 bits per heavy atom. The van der Waals surface area contributed by atoms with Crippen LogP contribution in [0.4, 0.5) is 14.5 Å². The van der Waals surface area contributed by atoms with Crippen molar-refractivity contribution in [2.45, 2.75) is 45.8 Å². The van der Waals surface area contributed by atoms with Gasteiger partial charge in [0.25, 0.3) is 0 Å². The van der Waals surface area contributed by atoms with Crippen LogP contribution in [0, 0.1) is 11.6 Å². The molecule has 154 valence electrons. The van der Waals surface area contributed by atoms with Crippen LogP contribution in [0.2, 0.25) is 0 Å². The second kappa shape index (κ2) is 7.61. The minimum absolute atomic E-state index is 0.00661. The number of esters is 1. The summed E-state index contributed by atoms with van der Waals surface area (Å²) >= 11 is 0. The van der Waals surface area contributed by atoms with E-state index >= 15 is 4.39 Å². The maximum atomic E-state index is 15.6. The molecular weight excluding hydrogens is 371 g/mol. The molecule has 0 amide bonds. The Morgan fingerprint density at radius 3 is 2.29 bits per heavy atom. The normalized spacial score (nSPS) is 21.1. The van der Waals surface area contributed by atoms with E-state index in [0.717, 1.165) is 6.07 Å². The molecule has 6 nitrogen and oxygen atoms in total. The van der Waals surface area contributed by atoms with Crippen molar-refractivity contribution in [2.75, 3.05) is 37.8 Å². The van der Waals surface area contributed by atoms with Gasteiger partial charge < -0.3 is 23.7 Å². The second-order valence-corrected chi connectivity index (χ2v) is 7.89. The van der Waals surface area contributed by atoms with Crippen molar-refractivity contribution in [2.24, 2.45) is 0 Å². The minimum atomic E-state index is -1.22. The van der Waals surface area contributed by atoms with Gasteiger partial charge in [-0.25, -0.2) is 13.6 Å². The van der Waals surface area contributed by atoms with Gasteiger partial charge in [0.15, 0.2) is 0 Å². The quantitative estimate of drug-likeness (QED) is 0.574. The van der Waals surface area contributed by atoms with Crippen molar-refractivity contribution in [3.8, 4) is 0 Å². The highest BCUT2D eigenvalue weighted by atomic mass is 19.1. The van der Waals surface area contributed by atoms with Gasteiger partial charge in [-0.2, -0.15) is 0 Å². The summed E-state index contributed by atoms with van der Waals surface area (Å²) in [6.45, 7) is 10.5. The van der Waals surface area contributed by atoms with Gasteiger partial charge in [-0.1, -0.05) is 0 Å². The van der Waals surface area contributed by atoms with Gasteiger partial charge in [0, 0.05) is 13.1 Å². The molecule has 0 saturated carbocycles. The van der Waals surface area contributed by atoms with Crippen LogP contribution in [0.1, 0.15) is 45.0 Å². The van der Waals surface area contributed by atoms with E-state index in [1.165, 1.54) is 0 Å². The Hall–Kier alpha value is -1.71. The van der Waals surface area contributed by atoms with Crippen LogP contribution in [-0.4, -0.2) is 57.2 Å². The lowest BCUT2D eigenvalue weighted by molar-refractivity contribution is 0.00578. The van der Waals surface area contributed by atoms with Crippen molar-refractivity contribution < 1.29 is 32.4 Å². The number of hydrogen-bond acceptors (Lipinski definition) is 6. The van der Waals surface area contributed by atoms with E-state index in [2.05, 4.69) is 0 Å². The summed E-state index contributed by atoms with van der Waals surface area (Å²) in [4.78, 5) is 14.0. The lowest BCUT2D eigenvalue weighted by Gasteiger charge is -2.32. The van der Waals surface area contributed by atoms with Crippen LogP contribution in [0.5, 0.6) is 0 Å². The molecule has 0 unspecified atom stereocenters. The SMILES string of the molecule is CCOC(=O)c1cc(F)c(B2OC(C)(C)C(C)(C)O2)c(F)c1N1CCOCC1. The zero-order chi connectivity index (χ0) is 20.7. The molecule has 2 aliphatic rings. The molecule has 0 aliphatic carbocycles. The van der Waals surface area contributed by atoms with E-state index in [1.54, 1.807) is 39.5 Å².